The molecule has 1 heterocycles. The Kier molecular flexibility index (Phi) is 2.04. The summed E-state index contributed by atoms with van der Waals surface area (Å²) >= 11 is 0. The summed E-state index contributed by atoms with van der Waals surface area (Å²) in [6.45, 7) is 0.436. The van der Waals surface area contributed by atoms with Crippen molar-refractivity contribution in [2.75, 3.05) is 12.3 Å². The number of carboxylic acids is 1. The Labute approximate surface area is 81.3 Å². The van der Waals surface area contributed by atoms with Crippen LogP contribution in [-0.2, 0) is 4.79 Å². The fourth-order valence-electron chi connectivity index (χ4n) is 1.67. The molecule has 4 heteroatoms. The number of benzene rings is 1. The second kappa shape index (κ2) is 3.21. The van der Waals surface area contributed by atoms with E-state index in [0.717, 1.165) is 11.3 Å². The van der Waals surface area contributed by atoms with Gasteiger partial charge < -0.3 is 15.6 Å². The van der Waals surface area contributed by atoms with E-state index < -0.39 is 5.97 Å². The van der Waals surface area contributed by atoms with Crippen LogP contribution in [0.1, 0.15) is 17.9 Å². The number of anilines is 1. The Balaban J connectivity index is 2.26. The number of nitrogen functional groups attached to an aromatic ring is 1. The number of fused-ring (bicyclic) bond motifs is 1. The number of ether oxygens (including phenoxy) is 1. The molecule has 1 aliphatic rings. The lowest BCUT2D eigenvalue weighted by Crippen LogP contribution is -2.07. The largest absolute Gasteiger partial charge is 0.493 e. The van der Waals surface area contributed by atoms with Gasteiger partial charge >= 0.3 is 5.97 Å². The van der Waals surface area contributed by atoms with E-state index >= 15 is 0 Å². The molecule has 4 nitrogen and oxygen atoms in total. The second-order valence-corrected chi connectivity index (χ2v) is 3.40. The topological polar surface area (TPSA) is 72.5 Å². The molecule has 14 heavy (non-hydrogen) atoms. The van der Waals surface area contributed by atoms with Gasteiger partial charge in [-0.2, -0.15) is 0 Å². The Bertz CT molecular complexity index is 376. The molecule has 2 rings (SSSR count). The van der Waals surface area contributed by atoms with Crippen LogP contribution in [0.5, 0.6) is 5.75 Å². The van der Waals surface area contributed by atoms with Gasteiger partial charge in [-0.05, 0) is 6.07 Å². The van der Waals surface area contributed by atoms with E-state index in [1.165, 1.54) is 0 Å². The lowest BCUT2D eigenvalue weighted by Gasteiger charge is -2.04. The van der Waals surface area contributed by atoms with E-state index in [0.29, 0.717) is 12.3 Å². The van der Waals surface area contributed by atoms with Crippen molar-refractivity contribution in [1.82, 2.24) is 0 Å². The number of aliphatic carboxylic acids is 1. The van der Waals surface area contributed by atoms with Crippen molar-refractivity contribution >= 4 is 11.7 Å². The first-order valence-electron chi connectivity index (χ1n) is 4.41. The number of carboxylic acid groups (broad SMARTS) is 1. The summed E-state index contributed by atoms with van der Waals surface area (Å²) in [6, 6.07) is 5.34. The van der Waals surface area contributed by atoms with Crippen molar-refractivity contribution in [3.05, 3.63) is 23.8 Å². The Morgan fingerprint density at radius 2 is 2.43 bits per heavy atom. The normalized spacial score (nSPS) is 18.7. The molecular formula is C10H11NO3. The summed E-state index contributed by atoms with van der Waals surface area (Å²) in [6.07, 6.45) is 0.108. The molecule has 0 saturated heterocycles. The number of rotatable bonds is 2. The quantitative estimate of drug-likeness (QED) is 0.692. The van der Waals surface area contributed by atoms with Crippen LogP contribution < -0.4 is 10.5 Å². The van der Waals surface area contributed by atoms with Gasteiger partial charge in [0.05, 0.1) is 13.0 Å². The van der Waals surface area contributed by atoms with Gasteiger partial charge in [-0.25, -0.2) is 0 Å². The zero-order chi connectivity index (χ0) is 10.1. The van der Waals surface area contributed by atoms with Crippen LogP contribution in [0, 0.1) is 0 Å². The van der Waals surface area contributed by atoms with Crippen LogP contribution in [0.2, 0.25) is 0 Å². The SMILES string of the molecule is Nc1ccc2c(c1)OCC2CC(=O)O. The third kappa shape index (κ3) is 1.51. The lowest BCUT2D eigenvalue weighted by atomic mass is 9.98. The molecule has 1 aromatic rings. The molecule has 1 aromatic carbocycles. The summed E-state index contributed by atoms with van der Waals surface area (Å²) in [5.41, 5.74) is 7.17. The molecule has 3 N–H and O–H groups in total. The highest BCUT2D eigenvalue weighted by atomic mass is 16.5. The summed E-state index contributed by atoms with van der Waals surface area (Å²) in [7, 11) is 0. The fraction of sp³-hybridized carbons (Fsp3) is 0.300. The van der Waals surface area contributed by atoms with Crippen LogP contribution in [0.4, 0.5) is 5.69 Å². The van der Waals surface area contributed by atoms with Crippen molar-refractivity contribution in [3.8, 4) is 5.75 Å². The highest BCUT2D eigenvalue weighted by Gasteiger charge is 2.25. The summed E-state index contributed by atoms with van der Waals surface area (Å²) in [5.74, 6) is -0.123. The Morgan fingerprint density at radius 3 is 3.14 bits per heavy atom. The maximum Gasteiger partial charge on any atom is 0.304 e. The molecule has 0 fully saturated rings. The lowest BCUT2D eigenvalue weighted by molar-refractivity contribution is -0.137. The maximum absolute atomic E-state index is 10.6. The Hall–Kier alpha value is -1.71. The zero-order valence-corrected chi connectivity index (χ0v) is 7.56. The van der Waals surface area contributed by atoms with Crippen LogP contribution in [0.25, 0.3) is 0 Å². The van der Waals surface area contributed by atoms with Crippen molar-refractivity contribution < 1.29 is 14.6 Å². The number of carbonyl (C=O) groups is 1. The van der Waals surface area contributed by atoms with Crippen LogP contribution >= 0.6 is 0 Å². The van der Waals surface area contributed by atoms with E-state index in [-0.39, 0.29) is 12.3 Å². The average molecular weight is 193 g/mol. The second-order valence-electron chi connectivity index (χ2n) is 3.40. The number of nitrogens with two attached hydrogens (primary N) is 1. The van der Waals surface area contributed by atoms with Crippen molar-refractivity contribution in [2.45, 2.75) is 12.3 Å². The smallest absolute Gasteiger partial charge is 0.304 e. The minimum absolute atomic E-state index is 0.0388. The molecule has 1 aliphatic heterocycles. The molecule has 0 spiro atoms. The first-order chi connectivity index (χ1) is 6.66. The molecule has 0 aliphatic carbocycles. The van der Waals surface area contributed by atoms with Gasteiger partial charge in [-0.15, -0.1) is 0 Å². The van der Waals surface area contributed by atoms with E-state index in [4.69, 9.17) is 15.6 Å². The number of hydrogen-bond donors (Lipinski definition) is 2. The molecule has 1 atom stereocenters. The maximum atomic E-state index is 10.6. The van der Waals surface area contributed by atoms with E-state index in [2.05, 4.69) is 0 Å². The highest BCUT2D eigenvalue weighted by Crippen LogP contribution is 2.36. The number of hydrogen-bond acceptors (Lipinski definition) is 3. The molecule has 74 valence electrons. The first-order valence-corrected chi connectivity index (χ1v) is 4.41. The average Bonchev–Trinajstić information content (AvgIpc) is 2.47. The van der Waals surface area contributed by atoms with E-state index in [1.807, 2.05) is 6.07 Å². The predicted octanol–water partition coefficient (Wildman–Crippen LogP) is 1.22. The molecule has 0 radical (unpaired) electrons. The third-order valence-corrected chi connectivity index (χ3v) is 2.34. The third-order valence-electron chi connectivity index (χ3n) is 2.34. The fourth-order valence-corrected chi connectivity index (χ4v) is 1.67. The van der Waals surface area contributed by atoms with Crippen molar-refractivity contribution in [1.29, 1.82) is 0 Å². The van der Waals surface area contributed by atoms with Crippen LogP contribution in [-0.4, -0.2) is 17.7 Å². The molecular weight excluding hydrogens is 182 g/mol. The molecule has 0 saturated carbocycles. The predicted molar refractivity (Wildman–Crippen MR) is 51.3 cm³/mol. The van der Waals surface area contributed by atoms with Crippen molar-refractivity contribution in [2.24, 2.45) is 0 Å². The van der Waals surface area contributed by atoms with Gasteiger partial charge in [0.15, 0.2) is 0 Å². The van der Waals surface area contributed by atoms with Gasteiger partial charge in [0, 0.05) is 23.2 Å². The van der Waals surface area contributed by atoms with Gasteiger partial charge in [0.25, 0.3) is 0 Å². The summed E-state index contributed by atoms with van der Waals surface area (Å²) in [5, 5.41) is 8.67. The first kappa shape index (κ1) is 8.87. The van der Waals surface area contributed by atoms with Gasteiger partial charge in [0.1, 0.15) is 5.75 Å². The standard InChI is InChI=1S/C10H11NO3/c11-7-1-2-8-6(3-10(12)13)5-14-9(8)4-7/h1-2,4,6H,3,5,11H2,(H,12,13). The molecule has 1 unspecified atom stereocenters. The zero-order valence-electron chi connectivity index (χ0n) is 7.56. The minimum Gasteiger partial charge on any atom is -0.493 e. The minimum atomic E-state index is -0.803. The summed E-state index contributed by atoms with van der Waals surface area (Å²) < 4.78 is 5.35. The monoisotopic (exact) mass is 193 g/mol. The summed E-state index contributed by atoms with van der Waals surface area (Å²) in [4.78, 5) is 10.6. The molecule has 0 aromatic heterocycles. The van der Waals surface area contributed by atoms with Crippen LogP contribution in [0.15, 0.2) is 18.2 Å². The molecule has 0 amide bonds. The van der Waals surface area contributed by atoms with Crippen LogP contribution in [0.3, 0.4) is 0 Å². The van der Waals surface area contributed by atoms with Crippen molar-refractivity contribution in [3.63, 3.8) is 0 Å². The highest BCUT2D eigenvalue weighted by molar-refractivity contribution is 5.69. The van der Waals surface area contributed by atoms with E-state index in [9.17, 15) is 4.79 Å². The molecule has 0 bridgehead atoms. The van der Waals surface area contributed by atoms with E-state index in [1.54, 1.807) is 12.1 Å². The Morgan fingerprint density at radius 1 is 1.64 bits per heavy atom. The van der Waals surface area contributed by atoms with Gasteiger partial charge in [-0.1, -0.05) is 6.07 Å². The van der Waals surface area contributed by atoms with Gasteiger partial charge in [-0.3, -0.25) is 4.79 Å². The van der Waals surface area contributed by atoms with Gasteiger partial charge in [0.2, 0.25) is 0 Å².